The van der Waals surface area contributed by atoms with E-state index in [1.54, 1.807) is 0 Å². The predicted molar refractivity (Wildman–Crippen MR) is 117 cm³/mol. The van der Waals surface area contributed by atoms with E-state index in [0.29, 0.717) is 21.6 Å². The molecule has 1 aliphatic carbocycles. The van der Waals surface area contributed by atoms with Crippen LogP contribution in [-0.4, -0.2) is 21.1 Å². The van der Waals surface area contributed by atoms with Gasteiger partial charge in [0.1, 0.15) is 0 Å². The smallest absolute Gasteiger partial charge is 0.262 e. The van der Waals surface area contributed by atoms with Gasteiger partial charge in [0.25, 0.3) is 5.56 Å². The molecule has 1 aliphatic rings. The molecule has 0 bridgehead atoms. The number of hydrogen-bond acceptors (Lipinski definition) is 4. The highest BCUT2D eigenvalue weighted by molar-refractivity contribution is 9.10. The fourth-order valence-electron chi connectivity index (χ4n) is 3.74. The van der Waals surface area contributed by atoms with Crippen molar-refractivity contribution in [3.63, 3.8) is 0 Å². The molecular weight excluding hydrogens is 436 g/mol. The minimum Gasteiger partial charge on any atom is -0.293 e. The second-order valence-corrected chi connectivity index (χ2v) is 8.96. The van der Waals surface area contributed by atoms with E-state index in [9.17, 15) is 9.59 Å². The summed E-state index contributed by atoms with van der Waals surface area (Å²) in [6.07, 6.45) is 5.47. The Bertz CT molecular complexity index is 1060. The van der Waals surface area contributed by atoms with Crippen molar-refractivity contribution >= 4 is 44.4 Å². The highest BCUT2D eigenvalue weighted by Gasteiger charge is 2.22. The number of benzene rings is 2. The minimum absolute atomic E-state index is 0.0103. The lowest BCUT2D eigenvalue weighted by Gasteiger charge is -2.26. The van der Waals surface area contributed by atoms with Crippen LogP contribution in [0.4, 0.5) is 0 Å². The Morgan fingerprint density at radius 1 is 1.07 bits per heavy atom. The van der Waals surface area contributed by atoms with Crippen molar-refractivity contribution in [3.05, 3.63) is 68.9 Å². The van der Waals surface area contributed by atoms with Crippen molar-refractivity contribution in [1.82, 2.24) is 9.55 Å². The first-order valence-electron chi connectivity index (χ1n) is 9.56. The SMILES string of the molecule is O=C(CSc1nc2ccccc2c(=O)n1C1CCCCC1)c1ccc(Br)cc1. The number of nitrogens with zero attached hydrogens (tertiary/aromatic N) is 2. The van der Waals surface area contributed by atoms with Gasteiger partial charge in [-0.1, -0.05) is 71.2 Å². The van der Waals surface area contributed by atoms with Crippen LogP contribution in [0.2, 0.25) is 0 Å². The predicted octanol–water partition coefficient (Wildman–Crippen LogP) is 5.64. The molecule has 0 atom stereocenters. The number of Topliss-reactive ketones (excluding diaryl/α,β-unsaturated/α-hetero) is 1. The molecule has 0 saturated heterocycles. The molecule has 28 heavy (non-hydrogen) atoms. The van der Waals surface area contributed by atoms with Crippen molar-refractivity contribution < 1.29 is 4.79 Å². The Kier molecular flexibility index (Phi) is 5.97. The second kappa shape index (κ2) is 8.62. The van der Waals surface area contributed by atoms with Crippen molar-refractivity contribution in [1.29, 1.82) is 0 Å². The van der Waals surface area contributed by atoms with E-state index >= 15 is 0 Å². The lowest BCUT2D eigenvalue weighted by atomic mass is 9.95. The van der Waals surface area contributed by atoms with E-state index in [2.05, 4.69) is 15.9 Å². The summed E-state index contributed by atoms with van der Waals surface area (Å²) in [6.45, 7) is 0. The number of ketones is 1. The lowest BCUT2D eigenvalue weighted by molar-refractivity contribution is 0.102. The molecule has 2 aromatic carbocycles. The first-order valence-corrected chi connectivity index (χ1v) is 11.3. The zero-order valence-electron chi connectivity index (χ0n) is 15.4. The van der Waals surface area contributed by atoms with Crippen LogP contribution in [0.3, 0.4) is 0 Å². The van der Waals surface area contributed by atoms with E-state index in [1.807, 2.05) is 53.1 Å². The number of carbonyl (C=O) groups excluding carboxylic acids is 1. The van der Waals surface area contributed by atoms with Crippen LogP contribution in [0.15, 0.2) is 63.0 Å². The highest BCUT2D eigenvalue weighted by Crippen LogP contribution is 2.31. The summed E-state index contributed by atoms with van der Waals surface area (Å²) in [4.78, 5) is 30.6. The van der Waals surface area contributed by atoms with Crippen LogP contribution >= 0.6 is 27.7 Å². The summed E-state index contributed by atoms with van der Waals surface area (Å²) in [5.74, 6) is 0.300. The van der Waals surface area contributed by atoms with E-state index in [-0.39, 0.29) is 23.1 Å². The summed E-state index contributed by atoms with van der Waals surface area (Å²) in [6, 6.07) is 15.0. The van der Waals surface area contributed by atoms with Gasteiger partial charge in [-0.15, -0.1) is 0 Å². The largest absolute Gasteiger partial charge is 0.293 e. The van der Waals surface area contributed by atoms with Gasteiger partial charge < -0.3 is 0 Å². The quantitative estimate of drug-likeness (QED) is 0.283. The molecule has 6 heteroatoms. The van der Waals surface area contributed by atoms with Crippen LogP contribution < -0.4 is 5.56 Å². The Morgan fingerprint density at radius 3 is 2.54 bits per heavy atom. The van der Waals surface area contributed by atoms with Crippen molar-refractivity contribution in [2.45, 2.75) is 43.3 Å². The number of halogens is 1. The molecule has 1 heterocycles. The molecule has 0 N–H and O–H groups in total. The maximum absolute atomic E-state index is 13.2. The average molecular weight is 457 g/mol. The molecule has 3 aromatic rings. The number of carbonyl (C=O) groups is 1. The number of rotatable bonds is 5. The van der Waals surface area contributed by atoms with Gasteiger partial charge in [0.2, 0.25) is 0 Å². The molecule has 1 saturated carbocycles. The molecule has 0 aliphatic heterocycles. The Hall–Kier alpha value is -1.92. The van der Waals surface area contributed by atoms with E-state index in [1.165, 1.54) is 18.2 Å². The van der Waals surface area contributed by atoms with Gasteiger partial charge in [-0.3, -0.25) is 14.2 Å². The maximum Gasteiger partial charge on any atom is 0.262 e. The topological polar surface area (TPSA) is 52.0 Å². The summed E-state index contributed by atoms with van der Waals surface area (Å²) in [5, 5.41) is 1.30. The fourth-order valence-corrected chi connectivity index (χ4v) is 4.96. The van der Waals surface area contributed by atoms with Gasteiger partial charge in [-0.2, -0.15) is 0 Å². The van der Waals surface area contributed by atoms with Gasteiger partial charge in [-0.05, 0) is 37.1 Å². The minimum atomic E-state index is 0.0103. The Labute approximate surface area is 176 Å². The lowest BCUT2D eigenvalue weighted by Crippen LogP contribution is -2.29. The van der Waals surface area contributed by atoms with Gasteiger partial charge >= 0.3 is 0 Å². The molecule has 4 rings (SSSR count). The summed E-state index contributed by atoms with van der Waals surface area (Å²) < 4.78 is 2.79. The second-order valence-electron chi connectivity index (χ2n) is 7.10. The number of fused-ring (bicyclic) bond motifs is 1. The van der Waals surface area contributed by atoms with Crippen LogP contribution in [0.1, 0.15) is 48.5 Å². The molecular formula is C22H21BrN2O2S. The van der Waals surface area contributed by atoms with Gasteiger partial charge in [-0.25, -0.2) is 4.98 Å². The Balaban J connectivity index is 1.67. The molecule has 1 fully saturated rings. The van der Waals surface area contributed by atoms with Crippen molar-refractivity contribution in [3.8, 4) is 0 Å². The summed E-state index contributed by atoms with van der Waals surface area (Å²) in [5.41, 5.74) is 1.37. The first kappa shape index (κ1) is 19.4. The van der Waals surface area contributed by atoms with Crippen LogP contribution in [0.25, 0.3) is 10.9 Å². The number of para-hydroxylation sites is 1. The zero-order valence-corrected chi connectivity index (χ0v) is 17.8. The van der Waals surface area contributed by atoms with Crippen molar-refractivity contribution in [2.24, 2.45) is 0 Å². The summed E-state index contributed by atoms with van der Waals surface area (Å²) >= 11 is 4.76. The molecule has 1 aromatic heterocycles. The average Bonchev–Trinajstić information content (AvgIpc) is 2.73. The van der Waals surface area contributed by atoms with E-state index < -0.39 is 0 Å². The zero-order chi connectivity index (χ0) is 19.5. The normalized spacial score (nSPS) is 15.0. The third-order valence-electron chi connectivity index (χ3n) is 5.21. The summed E-state index contributed by atoms with van der Waals surface area (Å²) in [7, 11) is 0. The molecule has 4 nitrogen and oxygen atoms in total. The third-order valence-corrected chi connectivity index (χ3v) is 6.70. The van der Waals surface area contributed by atoms with Gasteiger partial charge in [0.05, 0.1) is 16.7 Å². The Morgan fingerprint density at radius 2 is 1.79 bits per heavy atom. The van der Waals surface area contributed by atoms with Crippen molar-refractivity contribution in [2.75, 3.05) is 5.75 Å². The van der Waals surface area contributed by atoms with Crippen LogP contribution in [0.5, 0.6) is 0 Å². The highest BCUT2D eigenvalue weighted by atomic mass is 79.9. The first-order chi connectivity index (χ1) is 13.6. The number of aromatic nitrogens is 2. The molecule has 144 valence electrons. The maximum atomic E-state index is 13.2. The molecule has 0 amide bonds. The van der Waals surface area contributed by atoms with Gasteiger partial charge in [0.15, 0.2) is 10.9 Å². The number of thioether (sulfide) groups is 1. The number of hydrogen-bond donors (Lipinski definition) is 0. The van der Waals surface area contributed by atoms with E-state index in [4.69, 9.17) is 4.98 Å². The molecule has 0 unspecified atom stereocenters. The van der Waals surface area contributed by atoms with Crippen LogP contribution in [0, 0.1) is 0 Å². The standard InChI is InChI=1S/C22H21BrN2O2S/c23-16-12-10-15(11-13-16)20(26)14-28-22-24-19-9-5-4-8-18(19)21(27)25(22)17-6-2-1-3-7-17/h4-5,8-13,17H,1-3,6-7,14H2. The molecule has 0 spiro atoms. The van der Waals surface area contributed by atoms with Crippen LogP contribution in [-0.2, 0) is 0 Å². The van der Waals surface area contributed by atoms with E-state index in [0.717, 1.165) is 30.2 Å². The monoisotopic (exact) mass is 456 g/mol. The third kappa shape index (κ3) is 4.08. The van der Waals surface area contributed by atoms with Gasteiger partial charge in [0, 0.05) is 16.1 Å². The molecule has 0 radical (unpaired) electrons. The fraction of sp³-hybridized carbons (Fsp3) is 0.318.